The van der Waals surface area contributed by atoms with Crippen LogP contribution in [0.2, 0.25) is 0 Å². The lowest BCUT2D eigenvalue weighted by atomic mass is 10.2. The van der Waals surface area contributed by atoms with E-state index in [1.807, 2.05) is 12.1 Å². The van der Waals surface area contributed by atoms with E-state index in [1.54, 1.807) is 24.8 Å². The molecule has 1 rings (SSSR count). The third-order valence-corrected chi connectivity index (χ3v) is 2.91. The van der Waals surface area contributed by atoms with E-state index in [0.29, 0.717) is 17.7 Å². The van der Waals surface area contributed by atoms with E-state index >= 15 is 0 Å². The molecule has 2 nitrogen and oxygen atoms in total. The van der Waals surface area contributed by atoms with Crippen LogP contribution in [0.25, 0.3) is 0 Å². The van der Waals surface area contributed by atoms with Crippen molar-refractivity contribution in [1.29, 1.82) is 0 Å². The van der Waals surface area contributed by atoms with Gasteiger partial charge >= 0.3 is 5.63 Å². The van der Waals surface area contributed by atoms with Crippen molar-refractivity contribution >= 4 is 11.8 Å². The minimum absolute atomic E-state index is 0.263. The van der Waals surface area contributed by atoms with E-state index in [2.05, 4.69) is 13.2 Å². The lowest BCUT2D eigenvalue weighted by molar-refractivity contribution is 0.468. The first-order valence-corrected chi connectivity index (χ1v) is 5.65. The number of allylic oxidation sites excluding steroid dienone is 1. The molecule has 0 bridgehead atoms. The zero-order valence-electron chi connectivity index (χ0n) is 8.79. The van der Waals surface area contributed by atoms with Crippen molar-refractivity contribution in [2.24, 2.45) is 0 Å². The van der Waals surface area contributed by atoms with Crippen LogP contribution in [0.5, 0.6) is 0 Å². The van der Waals surface area contributed by atoms with Crippen LogP contribution in [-0.2, 0) is 6.42 Å². The minimum Gasteiger partial charge on any atom is -0.428 e. The van der Waals surface area contributed by atoms with Crippen molar-refractivity contribution in [2.45, 2.75) is 18.2 Å². The molecule has 0 aliphatic rings. The molecule has 15 heavy (non-hydrogen) atoms. The molecule has 0 amide bonds. The third kappa shape index (κ3) is 3.13. The largest absolute Gasteiger partial charge is 0.428 e. The van der Waals surface area contributed by atoms with Gasteiger partial charge in [-0.2, -0.15) is 0 Å². The van der Waals surface area contributed by atoms with Crippen LogP contribution in [0.3, 0.4) is 0 Å². The fourth-order valence-electron chi connectivity index (χ4n) is 1.22. The molecule has 0 aliphatic carbocycles. The number of hydrogen-bond acceptors (Lipinski definition) is 3. The van der Waals surface area contributed by atoms with Crippen LogP contribution in [0, 0.1) is 6.92 Å². The van der Waals surface area contributed by atoms with Crippen molar-refractivity contribution in [2.75, 3.05) is 5.75 Å². The van der Waals surface area contributed by atoms with E-state index in [1.165, 1.54) is 0 Å². The Hall–Kier alpha value is -1.22. The van der Waals surface area contributed by atoms with Crippen LogP contribution in [0.1, 0.15) is 11.3 Å². The molecular weight excluding hydrogens is 208 g/mol. The lowest BCUT2D eigenvalue weighted by Gasteiger charge is -2.05. The second kappa shape index (κ2) is 5.61. The maximum atomic E-state index is 11.6. The summed E-state index contributed by atoms with van der Waals surface area (Å²) in [6, 6.07) is 1.88. The molecular formula is C12H14O2S. The Kier molecular flexibility index (Phi) is 4.43. The molecule has 0 aliphatic heterocycles. The molecule has 0 saturated heterocycles. The average Bonchev–Trinajstić information content (AvgIpc) is 2.19. The Morgan fingerprint density at radius 2 is 2.20 bits per heavy atom. The standard InChI is InChI=1S/C12H14O2S/c1-4-6-10-11(15-7-5-2)8-9(3)14-12(10)13/h4-5,8H,1-2,6-7H2,3H3. The molecule has 0 saturated carbocycles. The summed E-state index contributed by atoms with van der Waals surface area (Å²) < 4.78 is 5.04. The SMILES string of the molecule is C=CCSc1cc(C)oc(=O)c1CC=C. The normalized spacial score (nSPS) is 9.93. The Morgan fingerprint density at radius 3 is 2.80 bits per heavy atom. The Bertz CT molecular complexity index is 418. The van der Waals surface area contributed by atoms with Crippen LogP contribution in [0.4, 0.5) is 0 Å². The van der Waals surface area contributed by atoms with E-state index in [4.69, 9.17) is 4.42 Å². The highest BCUT2D eigenvalue weighted by molar-refractivity contribution is 7.99. The molecule has 1 aromatic heterocycles. The zero-order valence-corrected chi connectivity index (χ0v) is 9.60. The summed E-state index contributed by atoms with van der Waals surface area (Å²) in [7, 11) is 0. The first-order chi connectivity index (χ1) is 7.19. The monoisotopic (exact) mass is 222 g/mol. The smallest absolute Gasteiger partial charge is 0.340 e. The van der Waals surface area contributed by atoms with Crippen molar-refractivity contribution < 1.29 is 4.42 Å². The van der Waals surface area contributed by atoms with Gasteiger partial charge in [0, 0.05) is 10.6 Å². The second-order valence-electron chi connectivity index (χ2n) is 3.08. The molecule has 0 fully saturated rings. The number of thioether (sulfide) groups is 1. The molecule has 1 aromatic rings. The zero-order chi connectivity index (χ0) is 11.3. The van der Waals surface area contributed by atoms with Gasteiger partial charge in [-0.1, -0.05) is 12.2 Å². The molecule has 0 spiro atoms. The second-order valence-corrected chi connectivity index (χ2v) is 4.14. The predicted molar refractivity (Wildman–Crippen MR) is 64.5 cm³/mol. The topological polar surface area (TPSA) is 30.2 Å². The van der Waals surface area contributed by atoms with Crippen molar-refractivity contribution in [3.05, 3.63) is 53.1 Å². The Morgan fingerprint density at radius 1 is 1.47 bits per heavy atom. The van der Waals surface area contributed by atoms with Crippen LogP contribution in [0.15, 0.2) is 45.5 Å². The van der Waals surface area contributed by atoms with Gasteiger partial charge in [0.15, 0.2) is 0 Å². The highest BCUT2D eigenvalue weighted by Gasteiger charge is 2.08. The summed E-state index contributed by atoms with van der Waals surface area (Å²) in [4.78, 5) is 12.5. The Labute approximate surface area is 93.7 Å². The summed E-state index contributed by atoms with van der Waals surface area (Å²) in [5.74, 6) is 1.42. The third-order valence-electron chi connectivity index (χ3n) is 1.84. The fourth-order valence-corrected chi connectivity index (χ4v) is 2.10. The summed E-state index contributed by atoms with van der Waals surface area (Å²) in [6.45, 7) is 9.06. The van der Waals surface area contributed by atoms with E-state index in [-0.39, 0.29) is 5.63 Å². The first kappa shape index (κ1) is 11.9. The molecule has 0 N–H and O–H groups in total. The number of aryl methyl sites for hydroxylation is 1. The molecule has 0 unspecified atom stereocenters. The lowest BCUT2D eigenvalue weighted by Crippen LogP contribution is -2.09. The summed E-state index contributed by atoms with van der Waals surface area (Å²) in [5.41, 5.74) is 0.420. The maximum Gasteiger partial charge on any atom is 0.340 e. The summed E-state index contributed by atoms with van der Waals surface area (Å²) >= 11 is 1.59. The predicted octanol–water partition coefficient (Wildman–Crippen LogP) is 2.95. The summed E-state index contributed by atoms with van der Waals surface area (Å²) in [5, 5.41) is 0. The van der Waals surface area contributed by atoms with Gasteiger partial charge in [-0.25, -0.2) is 4.79 Å². The van der Waals surface area contributed by atoms with Crippen molar-refractivity contribution in [3.8, 4) is 0 Å². The van der Waals surface area contributed by atoms with Crippen molar-refractivity contribution in [3.63, 3.8) is 0 Å². The molecule has 3 heteroatoms. The van der Waals surface area contributed by atoms with Crippen molar-refractivity contribution in [1.82, 2.24) is 0 Å². The van der Waals surface area contributed by atoms with Gasteiger partial charge in [-0.15, -0.1) is 24.9 Å². The molecule has 0 atom stereocenters. The van der Waals surface area contributed by atoms with Gasteiger partial charge in [0.25, 0.3) is 0 Å². The Balaban J connectivity index is 3.13. The molecule has 80 valence electrons. The number of rotatable bonds is 5. The van der Waals surface area contributed by atoms with Gasteiger partial charge < -0.3 is 4.42 Å². The molecule has 1 heterocycles. The van der Waals surface area contributed by atoms with Crippen LogP contribution >= 0.6 is 11.8 Å². The van der Waals surface area contributed by atoms with E-state index in [9.17, 15) is 4.79 Å². The average molecular weight is 222 g/mol. The van der Waals surface area contributed by atoms with E-state index in [0.717, 1.165) is 10.6 Å². The van der Waals surface area contributed by atoms with E-state index < -0.39 is 0 Å². The van der Waals surface area contributed by atoms with Crippen LogP contribution < -0.4 is 5.63 Å². The molecule has 0 radical (unpaired) electrons. The number of hydrogen-bond donors (Lipinski definition) is 0. The quantitative estimate of drug-likeness (QED) is 0.567. The fraction of sp³-hybridized carbons (Fsp3) is 0.250. The van der Waals surface area contributed by atoms with Gasteiger partial charge in [0.1, 0.15) is 5.76 Å². The minimum atomic E-state index is -0.263. The highest BCUT2D eigenvalue weighted by atomic mass is 32.2. The van der Waals surface area contributed by atoms with Gasteiger partial charge in [-0.05, 0) is 19.4 Å². The maximum absolute atomic E-state index is 11.6. The van der Waals surface area contributed by atoms with Gasteiger partial charge in [0.05, 0.1) is 5.56 Å². The van der Waals surface area contributed by atoms with Crippen LogP contribution in [-0.4, -0.2) is 5.75 Å². The first-order valence-electron chi connectivity index (χ1n) is 4.67. The van der Waals surface area contributed by atoms with Gasteiger partial charge in [0.2, 0.25) is 0 Å². The highest BCUT2D eigenvalue weighted by Crippen LogP contribution is 2.22. The van der Waals surface area contributed by atoms with Gasteiger partial charge in [-0.3, -0.25) is 0 Å². The molecule has 0 aromatic carbocycles. The summed E-state index contributed by atoms with van der Waals surface area (Å²) in [6.07, 6.45) is 4.06.